The molecule has 2 fully saturated rings. The van der Waals surface area contributed by atoms with Crippen molar-refractivity contribution in [2.75, 3.05) is 27.3 Å². The molecule has 150 valence electrons. The van der Waals surface area contributed by atoms with Crippen molar-refractivity contribution in [2.24, 2.45) is 5.92 Å². The zero-order valence-electron chi connectivity index (χ0n) is 16.5. The number of nitrogens with zero attached hydrogens (tertiary/aromatic N) is 3. The van der Waals surface area contributed by atoms with Crippen LogP contribution in [0.15, 0.2) is 36.7 Å². The normalized spacial score (nSPS) is 24.4. The molecule has 1 saturated heterocycles. The fourth-order valence-corrected chi connectivity index (χ4v) is 4.24. The minimum Gasteiger partial charge on any atom is -0.497 e. The highest BCUT2D eigenvalue weighted by molar-refractivity contribution is 5.78. The molecule has 0 unspecified atom stereocenters. The molecule has 2 aliphatic rings. The van der Waals surface area contributed by atoms with E-state index in [2.05, 4.69) is 10.4 Å². The van der Waals surface area contributed by atoms with Crippen LogP contribution in [0.2, 0.25) is 0 Å². The third-order valence-electron chi connectivity index (χ3n) is 5.73. The molecule has 4 rings (SSSR count). The molecule has 1 aliphatic carbocycles. The van der Waals surface area contributed by atoms with Gasteiger partial charge in [-0.25, -0.2) is 4.68 Å². The van der Waals surface area contributed by atoms with E-state index in [-0.39, 0.29) is 17.9 Å². The Morgan fingerprint density at radius 1 is 1.43 bits per heavy atom. The third kappa shape index (κ3) is 4.05. The summed E-state index contributed by atoms with van der Waals surface area (Å²) < 4.78 is 12.9. The fourth-order valence-electron chi connectivity index (χ4n) is 4.24. The zero-order valence-corrected chi connectivity index (χ0v) is 16.5. The van der Waals surface area contributed by atoms with Gasteiger partial charge in [0.2, 0.25) is 5.91 Å². The molecule has 0 spiro atoms. The van der Waals surface area contributed by atoms with E-state index in [1.54, 1.807) is 7.11 Å². The number of ether oxygens (including phenoxy) is 2. The number of hydrogen-bond donors (Lipinski definition) is 1. The zero-order chi connectivity index (χ0) is 19.5. The number of nitrogens with one attached hydrogen (secondary N) is 1. The van der Waals surface area contributed by atoms with Crippen molar-refractivity contribution in [3.05, 3.63) is 42.2 Å². The number of morpholine rings is 1. The molecule has 3 atom stereocenters. The largest absolute Gasteiger partial charge is 0.497 e. The van der Waals surface area contributed by atoms with Gasteiger partial charge in [0.1, 0.15) is 5.75 Å². The molecule has 28 heavy (non-hydrogen) atoms. The molecule has 7 nitrogen and oxygen atoms in total. The maximum Gasteiger partial charge on any atom is 0.225 e. The van der Waals surface area contributed by atoms with E-state index in [0.29, 0.717) is 12.6 Å². The molecule has 1 aromatic heterocycles. The molecule has 0 radical (unpaired) electrons. The summed E-state index contributed by atoms with van der Waals surface area (Å²) in [6, 6.07) is 8.06. The van der Waals surface area contributed by atoms with Gasteiger partial charge in [0.15, 0.2) is 0 Å². The molecular weight excluding hydrogens is 356 g/mol. The van der Waals surface area contributed by atoms with Crippen LogP contribution in [0.4, 0.5) is 0 Å². The van der Waals surface area contributed by atoms with Gasteiger partial charge in [-0.15, -0.1) is 0 Å². The smallest absolute Gasteiger partial charge is 0.225 e. The number of carbonyl (C=O) groups is 1. The molecule has 1 aromatic carbocycles. The standard InChI is InChI=1S/C21H28N4O3/c1-24(21(26)16-6-7-20-19(10-16)22-8-9-28-20)13-15-12-23-25(14-15)17-4-3-5-18(11-17)27-2/h3-5,11-12,14,16,19-20,22H,6-10,13H2,1-2H3/t16-,19+,20+/m0/s1. The Hall–Kier alpha value is -2.38. The lowest BCUT2D eigenvalue weighted by atomic mass is 9.82. The van der Waals surface area contributed by atoms with Crippen LogP contribution < -0.4 is 10.1 Å². The minimum absolute atomic E-state index is 0.0638. The number of benzene rings is 1. The first-order valence-electron chi connectivity index (χ1n) is 9.92. The Morgan fingerprint density at radius 2 is 2.32 bits per heavy atom. The lowest BCUT2D eigenvalue weighted by Crippen LogP contribution is -2.53. The second-order valence-corrected chi connectivity index (χ2v) is 7.67. The van der Waals surface area contributed by atoms with E-state index in [1.807, 2.05) is 53.3 Å². The Morgan fingerprint density at radius 3 is 3.18 bits per heavy atom. The van der Waals surface area contributed by atoms with Gasteiger partial charge in [-0.1, -0.05) is 6.07 Å². The summed E-state index contributed by atoms with van der Waals surface area (Å²) in [5, 5.41) is 7.94. The first-order chi connectivity index (χ1) is 13.6. The van der Waals surface area contributed by atoms with Gasteiger partial charge in [-0.05, 0) is 31.4 Å². The average molecular weight is 384 g/mol. The Balaban J connectivity index is 1.37. The number of fused-ring (bicyclic) bond motifs is 1. The van der Waals surface area contributed by atoms with Crippen LogP contribution in [0.25, 0.3) is 5.69 Å². The highest BCUT2D eigenvalue weighted by Gasteiger charge is 2.36. The van der Waals surface area contributed by atoms with Crippen LogP contribution in [0.5, 0.6) is 5.75 Å². The monoisotopic (exact) mass is 384 g/mol. The molecule has 2 heterocycles. The second-order valence-electron chi connectivity index (χ2n) is 7.67. The predicted octanol–water partition coefficient (Wildman–Crippen LogP) is 2.00. The molecule has 1 N–H and O–H groups in total. The van der Waals surface area contributed by atoms with E-state index in [4.69, 9.17) is 9.47 Å². The van der Waals surface area contributed by atoms with Crippen molar-refractivity contribution in [3.63, 3.8) is 0 Å². The number of rotatable bonds is 5. The van der Waals surface area contributed by atoms with Crippen LogP contribution in [-0.4, -0.2) is 60.0 Å². The van der Waals surface area contributed by atoms with Crippen molar-refractivity contribution in [2.45, 2.75) is 38.0 Å². The highest BCUT2D eigenvalue weighted by atomic mass is 16.5. The second kappa shape index (κ2) is 8.32. The summed E-state index contributed by atoms with van der Waals surface area (Å²) in [7, 11) is 3.53. The number of amides is 1. The van der Waals surface area contributed by atoms with Crippen molar-refractivity contribution >= 4 is 5.91 Å². The summed E-state index contributed by atoms with van der Waals surface area (Å²) in [6.45, 7) is 2.20. The van der Waals surface area contributed by atoms with Crippen molar-refractivity contribution in [1.82, 2.24) is 20.0 Å². The SMILES string of the molecule is COc1cccc(-n2cc(CN(C)C(=O)[C@H]3CC[C@H]4OCCN[C@@H]4C3)cn2)c1. The van der Waals surface area contributed by atoms with Gasteiger partial charge in [-0.2, -0.15) is 5.10 Å². The topological polar surface area (TPSA) is 68.6 Å². The van der Waals surface area contributed by atoms with Gasteiger partial charge in [-0.3, -0.25) is 4.79 Å². The molecule has 2 aromatic rings. The molecule has 1 aliphatic heterocycles. The molecule has 1 amide bonds. The van der Waals surface area contributed by atoms with E-state index in [9.17, 15) is 4.79 Å². The number of hydrogen-bond acceptors (Lipinski definition) is 5. The van der Waals surface area contributed by atoms with Crippen LogP contribution in [-0.2, 0) is 16.1 Å². The molecule has 1 saturated carbocycles. The van der Waals surface area contributed by atoms with Crippen molar-refractivity contribution < 1.29 is 14.3 Å². The number of aromatic nitrogens is 2. The quantitative estimate of drug-likeness (QED) is 0.854. The van der Waals surface area contributed by atoms with Gasteiger partial charge in [0, 0.05) is 49.9 Å². The van der Waals surface area contributed by atoms with Crippen molar-refractivity contribution in [3.8, 4) is 11.4 Å². The van der Waals surface area contributed by atoms with E-state index in [1.165, 1.54) is 0 Å². The van der Waals surface area contributed by atoms with Gasteiger partial charge in [0.25, 0.3) is 0 Å². The molecule has 0 bridgehead atoms. The summed E-state index contributed by atoms with van der Waals surface area (Å²) in [5.41, 5.74) is 1.94. The number of carbonyl (C=O) groups excluding carboxylic acids is 1. The summed E-state index contributed by atoms with van der Waals surface area (Å²) >= 11 is 0. The maximum absolute atomic E-state index is 13.0. The summed E-state index contributed by atoms with van der Waals surface area (Å²) in [6.07, 6.45) is 6.76. The van der Waals surface area contributed by atoms with Crippen LogP contribution in [0, 0.1) is 5.92 Å². The minimum atomic E-state index is 0.0638. The van der Waals surface area contributed by atoms with Crippen LogP contribution >= 0.6 is 0 Å². The lowest BCUT2D eigenvalue weighted by Gasteiger charge is -2.40. The summed E-state index contributed by atoms with van der Waals surface area (Å²) in [4.78, 5) is 14.8. The van der Waals surface area contributed by atoms with E-state index in [0.717, 1.165) is 49.4 Å². The van der Waals surface area contributed by atoms with E-state index >= 15 is 0 Å². The predicted molar refractivity (Wildman–Crippen MR) is 105 cm³/mol. The van der Waals surface area contributed by atoms with E-state index < -0.39 is 0 Å². The Labute approximate surface area is 165 Å². The first-order valence-corrected chi connectivity index (χ1v) is 9.92. The van der Waals surface area contributed by atoms with Crippen molar-refractivity contribution in [1.29, 1.82) is 0 Å². The van der Waals surface area contributed by atoms with Gasteiger partial charge >= 0.3 is 0 Å². The molecular formula is C21H28N4O3. The average Bonchev–Trinajstić information content (AvgIpc) is 3.21. The first kappa shape index (κ1) is 19.0. The number of methoxy groups -OCH3 is 1. The highest BCUT2D eigenvalue weighted by Crippen LogP contribution is 2.29. The lowest BCUT2D eigenvalue weighted by molar-refractivity contribution is -0.138. The summed E-state index contributed by atoms with van der Waals surface area (Å²) in [5.74, 6) is 1.06. The van der Waals surface area contributed by atoms with Crippen LogP contribution in [0.3, 0.4) is 0 Å². The fraction of sp³-hybridized carbons (Fsp3) is 0.524. The van der Waals surface area contributed by atoms with Gasteiger partial charge in [0.05, 0.1) is 31.7 Å². The Kier molecular flexibility index (Phi) is 5.64. The maximum atomic E-state index is 13.0. The van der Waals surface area contributed by atoms with Crippen LogP contribution in [0.1, 0.15) is 24.8 Å². The Bertz CT molecular complexity index is 821. The molecule has 7 heteroatoms. The van der Waals surface area contributed by atoms with Gasteiger partial charge < -0.3 is 19.7 Å². The third-order valence-corrected chi connectivity index (χ3v) is 5.73.